The highest BCUT2D eigenvalue weighted by molar-refractivity contribution is 9.10. The van der Waals surface area contributed by atoms with E-state index in [1.54, 1.807) is 0 Å². The molecule has 8 radical (unpaired) electrons. The average molecular weight is 427 g/mol. The topological polar surface area (TPSA) is 75.2 Å². The molecule has 0 saturated carbocycles. The molecule has 0 fully saturated rings. The lowest BCUT2D eigenvalue weighted by molar-refractivity contribution is 0.311. The summed E-state index contributed by atoms with van der Waals surface area (Å²) in [5, 5.41) is 9.97. The van der Waals surface area contributed by atoms with Gasteiger partial charge < -0.3 is 10.1 Å². The Balaban J connectivity index is 1.83. The summed E-state index contributed by atoms with van der Waals surface area (Å²) >= 11 is 3.31. The van der Waals surface area contributed by atoms with Gasteiger partial charge in [0.25, 0.3) is 0 Å². The second-order valence-corrected chi connectivity index (χ2v) is 7.15. The smallest absolute Gasteiger partial charge is 0.208 e. The van der Waals surface area contributed by atoms with Crippen LogP contribution >= 0.6 is 15.9 Å². The normalized spacial score (nSPS) is 18.5. The number of imidazole rings is 1. The highest BCUT2D eigenvalue weighted by Crippen LogP contribution is 2.42. The van der Waals surface area contributed by atoms with Crippen molar-refractivity contribution in [1.29, 1.82) is 5.26 Å². The molecule has 12 heteroatoms. The van der Waals surface area contributed by atoms with Crippen LogP contribution < -0.4 is 10.1 Å². The average Bonchev–Trinajstić information content (AvgIpc) is 3.20. The second-order valence-electron chi connectivity index (χ2n) is 6.30. The van der Waals surface area contributed by atoms with Crippen molar-refractivity contribution in [2.24, 2.45) is 0 Å². The van der Waals surface area contributed by atoms with Crippen LogP contribution in [0.4, 0.5) is 10.3 Å². The Kier molecular flexibility index (Phi) is 4.46. The Bertz CT molecular complexity index is 1150. The number of anilines is 1. The molecule has 1 N–H and O–H groups in total. The van der Waals surface area contributed by atoms with Gasteiger partial charge in [0.15, 0.2) is 11.3 Å². The zero-order valence-electron chi connectivity index (χ0n) is 14.2. The number of halogens is 2. The predicted octanol–water partition coefficient (Wildman–Crippen LogP) is 1.16. The van der Waals surface area contributed by atoms with Crippen molar-refractivity contribution in [2.45, 2.75) is 17.2 Å². The molecule has 0 aliphatic carbocycles. The predicted molar refractivity (Wildman–Crippen MR) is 107 cm³/mol. The summed E-state index contributed by atoms with van der Waals surface area (Å²) < 4.78 is 22.2. The van der Waals surface area contributed by atoms with E-state index in [1.807, 2.05) is 6.07 Å². The van der Waals surface area contributed by atoms with Crippen LogP contribution in [-0.4, -0.2) is 51.8 Å². The minimum atomic E-state index is -1.93. The minimum Gasteiger partial charge on any atom is -0.500 e. The third-order valence-corrected chi connectivity index (χ3v) is 4.96. The molecular weight excluding hydrogens is 420 g/mol. The maximum absolute atomic E-state index is 14.7. The molecule has 2 atom stereocenters. The van der Waals surface area contributed by atoms with Crippen molar-refractivity contribution < 1.29 is 9.13 Å². The lowest BCUT2D eigenvalue weighted by atomic mass is 9.55. The molecule has 28 heavy (non-hydrogen) atoms. The fraction of sp³-hybridized carbons (Fsp3) is 0.188. The largest absolute Gasteiger partial charge is 0.500 e. The molecular formula is C16H7B4BrFN5O. The van der Waals surface area contributed by atoms with Crippen LogP contribution in [0, 0.1) is 17.1 Å². The van der Waals surface area contributed by atoms with Crippen molar-refractivity contribution in [1.82, 2.24) is 14.4 Å². The van der Waals surface area contributed by atoms with Gasteiger partial charge >= 0.3 is 0 Å². The Morgan fingerprint density at radius 3 is 2.82 bits per heavy atom. The molecule has 0 saturated heterocycles. The summed E-state index contributed by atoms with van der Waals surface area (Å²) in [7, 11) is 24.4. The summed E-state index contributed by atoms with van der Waals surface area (Å²) in [4.78, 5) is 8.36. The van der Waals surface area contributed by atoms with Crippen molar-refractivity contribution >= 4 is 58.9 Å². The molecule has 0 bridgehead atoms. The second kappa shape index (κ2) is 6.59. The molecule has 2 unspecified atom stereocenters. The Morgan fingerprint density at radius 2 is 2.11 bits per heavy atom. The van der Waals surface area contributed by atoms with Crippen molar-refractivity contribution in [2.75, 3.05) is 5.32 Å². The fourth-order valence-corrected chi connectivity index (χ4v) is 3.54. The van der Waals surface area contributed by atoms with Crippen molar-refractivity contribution in [3.63, 3.8) is 0 Å². The third-order valence-electron chi connectivity index (χ3n) is 4.40. The number of aromatic nitrogens is 3. The van der Waals surface area contributed by atoms with Crippen LogP contribution in [-0.2, 0) is 5.34 Å². The molecule has 128 valence electrons. The lowest BCUT2D eigenvalue weighted by Crippen LogP contribution is -2.40. The maximum atomic E-state index is 14.7. The molecule has 1 aliphatic rings. The summed E-state index contributed by atoms with van der Waals surface area (Å²) in [6, 6.07) is 3.68. The van der Waals surface area contributed by atoms with Crippen molar-refractivity contribution in [3.05, 3.63) is 51.6 Å². The SMILES string of the molecule is [B]C1Oc2ccc(F)c(C([B])([B])Nc3ncc(Br)c4nc(C#N)cn34)c2C1[B]. The van der Waals surface area contributed by atoms with E-state index in [-0.39, 0.29) is 22.8 Å². The van der Waals surface area contributed by atoms with E-state index in [4.69, 9.17) is 41.4 Å². The van der Waals surface area contributed by atoms with Gasteiger partial charge in [-0.1, -0.05) is 0 Å². The lowest BCUT2D eigenvalue weighted by Gasteiger charge is -2.32. The first-order valence-corrected chi connectivity index (χ1v) is 8.82. The van der Waals surface area contributed by atoms with E-state index < -0.39 is 23.0 Å². The van der Waals surface area contributed by atoms with Crippen LogP contribution in [0.1, 0.15) is 22.6 Å². The van der Waals surface area contributed by atoms with Gasteiger partial charge in [0, 0.05) is 11.8 Å². The van der Waals surface area contributed by atoms with Crippen LogP contribution in [0.15, 0.2) is 29.0 Å². The quantitative estimate of drug-likeness (QED) is 0.635. The van der Waals surface area contributed by atoms with E-state index in [1.165, 1.54) is 28.9 Å². The van der Waals surface area contributed by atoms with Gasteiger partial charge in [-0.05, 0) is 44.8 Å². The van der Waals surface area contributed by atoms with E-state index in [2.05, 4.69) is 31.2 Å². The highest BCUT2D eigenvalue weighted by atomic mass is 79.9. The van der Waals surface area contributed by atoms with E-state index >= 15 is 0 Å². The minimum absolute atomic E-state index is 0.0936. The monoisotopic (exact) mass is 427 g/mol. The van der Waals surface area contributed by atoms with Crippen LogP contribution in [0.25, 0.3) is 5.65 Å². The zero-order chi connectivity index (χ0) is 20.2. The van der Waals surface area contributed by atoms with Gasteiger partial charge in [0.2, 0.25) is 5.95 Å². The van der Waals surface area contributed by atoms with E-state index in [0.29, 0.717) is 15.9 Å². The zero-order valence-corrected chi connectivity index (χ0v) is 15.8. The third kappa shape index (κ3) is 2.89. The fourth-order valence-electron chi connectivity index (χ4n) is 3.15. The summed E-state index contributed by atoms with van der Waals surface area (Å²) in [5.74, 6) is -1.04. The van der Waals surface area contributed by atoms with Crippen LogP contribution in [0.2, 0.25) is 0 Å². The summed E-state index contributed by atoms with van der Waals surface area (Å²) in [5.41, 5.74) is 0.751. The van der Waals surface area contributed by atoms with Gasteiger partial charge in [-0.2, -0.15) is 5.26 Å². The Hall–Kier alpha value is -2.40. The number of nitrogens with one attached hydrogen (secondary N) is 1. The Morgan fingerprint density at radius 1 is 1.36 bits per heavy atom. The number of rotatable bonds is 3. The van der Waals surface area contributed by atoms with Crippen molar-refractivity contribution in [3.8, 4) is 11.8 Å². The molecule has 3 heterocycles. The first-order chi connectivity index (χ1) is 13.2. The van der Waals surface area contributed by atoms with Gasteiger partial charge in [-0.15, -0.1) is 0 Å². The molecule has 3 aromatic rings. The molecule has 1 aromatic carbocycles. The van der Waals surface area contributed by atoms with E-state index in [0.717, 1.165) is 0 Å². The highest BCUT2D eigenvalue weighted by Gasteiger charge is 2.36. The molecule has 0 spiro atoms. The number of hydrogen-bond acceptors (Lipinski definition) is 5. The number of nitrogens with zero attached hydrogens (tertiary/aromatic N) is 4. The van der Waals surface area contributed by atoms with Crippen LogP contribution in [0.3, 0.4) is 0 Å². The van der Waals surface area contributed by atoms with Gasteiger partial charge in [-0.25, -0.2) is 14.4 Å². The molecule has 0 amide bonds. The number of nitriles is 1. The van der Waals surface area contributed by atoms with Gasteiger partial charge in [-0.3, -0.25) is 4.40 Å². The number of fused-ring (bicyclic) bond motifs is 2. The first-order valence-electron chi connectivity index (χ1n) is 8.03. The number of benzene rings is 1. The van der Waals surface area contributed by atoms with Gasteiger partial charge in [0.05, 0.1) is 40.2 Å². The molecule has 2 aromatic heterocycles. The standard InChI is InChI=1S/C16H7B4BrFN5O/c17-12-10-9(28-13(12)18)2-1-8(22)11(10)16(19,20)26-15-24-4-7(21)14-25-6(3-23)5-27(14)15/h1-2,4-5,12-13H,(H,24,26). The summed E-state index contributed by atoms with van der Waals surface area (Å²) in [6.45, 7) is 0. The first kappa shape index (κ1) is 18.9. The Labute approximate surface area is 173 Å². The molecule has 4 rings (SSSR count). The molecule has 6 nitrogen and oxygen atoms in total. The number of ether oxygens (including phenoxy) is 1. The number of hydrogen-bond donors (Lipinski definition) is 1. The maximum Gasteiger partial charge on any atom is 0.208 e. The van der Waals surface area contributed by atoms with Gasteiger partial charge in [0.1, 0.15) is 25.5 Å². The summed E-state index contributed by atoms with van der Waals surface area (Å²) in [6.07, 6.45) is 2.90. The van der Waals surface area contributed by atoms with Crippen LogP contribution in [0.5, 0.6) is 5.75 Å². The molecule has 1 aliphatic heterocycles. The van der Waals surface area contributed by atoms with E-state index in [9.17, 15) is 4.39 Å².